The number of rotatable bonds is 8. The lowest BCUT2D eigenvalue weighted by Gasteiger charge is -2.13. The number of hydrogen-bond acceptors (Lipinski definition) is 5. The summed E-state index contributed by atoms with van der Waals surface area (Å²) in [6.45, 7) is 0.314. The van der Waals surface area contributed by atoms with Gasteiger partial charge in [-0.1, -0.05) is 41.4 Å². The van der Waals surface area contributed by atoms with E-state index in [-0.39, 0.29) is 11.4 Å². The third-order valence-electron chi connectivity index (χ3n) is 5.28. The third kappa shape index (κ3) is 7.85. The number of amides is 3. The van der Waals surface area contributed by atoms with Crippen LogP contribution in [-0.2, 0) is 12.7 Å². The number of nitrogens with one attached hydrogen (secondary N) is 4. The Bertz CT molecular complexity index is 1520. The maximum Gasteiger partial charge on any atom is 0.417 e. The first-order valence-corrected chi connectivity index (χ1v) is 12.3. The molecule has 4 aromatic rings. The summed E-state index contributed by atoms with van der Waals surface area (Å²) < 4.78 is 44.9. The monoisotopic (exact) mass is 589 g/mol. The fourth-order valence-corrected chi connectivity index (χ4v) is 3.81. The molecule has 0 radical (unpaired) electrons. The molecule has 206 valence electrons. The van der Waals surface area contributed by atoms with Gasteiger partial charge in [-0.05, 0) is 60.2 Å². The molecule has 0 aliphatic heterocycles. The maximum atomic E-state index is 13.0. The molecular formula is C27H20Cl2F3N5O3. The van der Waals surface area contributed by atoms with Crippen molar-refractivity contribution in [3.63, 3.8) is 0 Å². The molecule has 3 aromatic carbocycles. The van der Waals surface area contributed by atoms with E-state index in [9.17, 15) is 22.8 Å². The molecule has 1 aromatic heterocycles. The van der Waals surface area contributed by atoms with Crippen LogP contribution in [0.5, 0.6) is 11.5 Å². The van der Waals surface area contributed by atoms with E-state index in [1.54, 1.807) is 24.3 Å². The number of urea groups is 1. The van der Waals surface area contributed by atoms with Crippen molar-refractivity contribution >= 4 is 46.5 Å². The van der Waals surface area contributed by atoms with Gasteiger partial charge < -0.3 is 15.4 Å². The van der Waals surface area contributed by atoms with Gasteiger partial charge in [0.05, 0.1) is 10.6 Å². The first kappa shape index (κ1) is 28.7. The number of alkyl halides is 3. The number of carbonyl (C=O) groups excluding carboxylic acids is 2. The molecule has 0 fully saturated rings. The molecule has 0 bridgehead atoms. The number of hydrazine groups is 1. The molecule has 1 heterocycles. The number of aromatic nitrogens is 1. The van der Waals surface area contributed by atoms with Gasteiger partial charge in [0.25, 0.3) is 5.91 Å². The topological polar surface area (TPSA) is 104 Å². The minimum atomic E-state index is -4.66. The second-order valence-electron chi connectivity index (χ2n) is 8.17. The van der Waals surface area contributed by atoms with E-state index in [0.717, 1.165) is 17.7 Å². The van der Waals surface area contributed by atoms with Crippen LogP contribution in [0.15, 0.2) is 85.1 Å². The van der Waals surface area contributed by atoms with E-state index in [4.69, 9.17) is 27.9 Å². The van der Waals surface area contributed by atoms with Crippen LogP contribution in [0.25, 0.3) is 0 Å². The molecule has 40 heavy (non-hydrogen) atoms. The Balaban J connectivity index is 1.30. The Morgan fingerprint density at radius 3 is 2.25 bits per heavy atom. The molecule has 3 amide bonds. The van der Waals surface area contributed by atoms with E-state index < -0.39 is 28.7 Å². The van der Waals surface area contributed by atoms with Gasteiger partial charge in [-0.15, -0.1) is 0 Å². The second-order valence-corrected chi connectivity index (χ2v) is 8.99. The van der Waals surface area contributed by atoms with Crippen LogP contribution < -0.4 is 26.2 Å². The van der Waals surface area contributed by atoms with E-state index in [1.165, 1.54) is 30.5 Å². The van der Waals surface area contributed by atoms with Crippen molar-refractivity contribution in [3.05, 3.63) is 112 Å². The summed E-state index contributed by atoms with van der Waals surface area (Å²) in [5.41, 5.74) is 5.48. The Morgan fingerprint density at radius 1 is 0.825 bits per heavy atom. The van der Waals surface area contributed by atoms with Gasteiger partial charge in [0.15, 0.2) is 0 Å². The van der Waals surface area contributed by atoms with E-state index in [0.29, 0.717) is 28.8 Å². The van der Waals surface area contributed by atoms with Crippen LogP contribution in [0.2, 0.25) is 10.0 Å². The first-order chi connectivity index (χ1) is 19.1. The van der Waals surface area contributed by atoms with Crippen molar-refractivity contribution in [1.29, 1.82) is 0 Å². The first-order valence-electron chi connectivity index (χ1n) is 11.5. The van der Waals surface area contributed by atoms with Gasteiger partial charge in [0.2, 0.25) is 0 Å². The van der Waals surface area contributed by atoms with E-state index >= 15 is 0 Å². The quantitative estimate of drug-likeness (QED) is 0.162. The van der Waals surface area contributed by atoms with E-state index in [1.807, 2.05) is 18.2 Å². The van der Waals surface area contributed by atoms with Crippen molar-refractivity contribution in [2.75, 3.05) is 10.6 Å². The van der Waals surface area contributed by atoms with Gasteiger partial charge in [-0.2, -0.15) is 13.2 Å². The molecule has 0 saturated carbocycles. The van der Waals surface area contributed by atoms with Crippen molar-refractivity contribution in [1.82, 2.24) is 15.8 Å². The van der Waals surface area contributed by atoms with Gasteiger partial charge in [-0.25, -0.2) is 10.2 Å². The number of ether oxygens (including phenoxy) is 1. The normalized spacial score (nSPS) is 11.0. The Hall–Kier alpha value is -4.32. The highest BCUT2D eigenvalue weighted by Crippen LogP contribution is 2.36. The van der Waals surface area contributed by atoms with Crippen LogP contribution in [0.1, 0.15) is 21.6 Å². The van der Waals surface area contributed by atoms with Crippen LogP contribution in [0.3, 0.4) is 0 Å². The summed E-state index contributed by atoms with van der Waals surface area (Å²) >= 11 is 11.7. The summed E-state index contributed by atoms with van der Waals surface area (Å²) in [5, 5.41) is 4.95. The van der Waals surface area contributed by atoms with E-state index in [2.05, 4.69) is 26.5 Å². The number of carbonyl (C=O) groups is 2. The van der Waals surface area contributed by atoms with Crippen molar-refractivity contribution < 1.29 is 27.5 Å². The average molecular weight is 590 g/mol. The maximum absolute atomic E-state index is 13.0. The largest absolute Gasteiger partial charge is 0.457 e. The SMILES string of the molecule is O=C(Nc1ccc(Oc2ccnc(C(=O)NNCc3ccccc3Cl)c2)cc1)Nc1ccc(Cl)c(C(F)(F)F)c1. The van der Waals surface area contributed by atoms with Crippen molar-refractivity contribution in [3.8, 4) is 11.5 Å². The second kappa shape index (κ2) is 12.7. The molecule has 13 heteroatoms. The third-order valence-corrected chi connectivity index (χ3v) is 5.98. The van der Waals surface area contributed by atoms with Gasteiger partial charge in [0, 0.05) is 35.2 Å². The minimum Gasteiger partial charge on any atom is -0.457 e. The zero-order chi connectivity index (χ0) is 28.7. The lowest BCUT2D eigenvalue weighted by Crippen LogP contribution is -2.37. The zero-order valence-corrected chi connectivity index (χ0v) is 21.9. The number of halogens is 5. The summed E-state index contributed by atoms with van der Waals surface area (Å²) in [6, 6.07) is 18.7. The number of benzene rings is 3. The lowest BCUT2D eigenvalue weighted by molar-refractivity contribution is -0.137. The predicted octanol–water partition coefficient (Wildman–Crippen LogP) is 7.28. The molecular weight excluding hydrogens is 570 g/mol. The molecule has 4 N–H and O–H groups in total. The standard InChI is InChI=1S/C27H20Cl2F3N5O3/c28-22-4-2-1-3-16(22)15-34-37-25(38)24-14-20(11-12-33-24)40-19-8-5-17(6-9-19)35-26(39)36-18-7-10-23(29)21(13-18)27(30,31)32/h1-14,34H,15H2,(H,37,38)(H2,35,36,39). The molecule has 0 atom stereocenters. The van der Waals surface area contributed by atoms with Gasteiger partial charge in [-0.3, -0.25) is 15.2 Å². The lowest BCUT2D eigenvalue weighted by atomic mass is 10.2. The van der Waals surface area contributed by atoms with Crippen LogP contribution in [-0.4, -0.2) is 16.9 Å². The van der Waals surface area contributed by atoms with Crippen LogP contribution in [0.4, 0.5) is 29.3 Å². The van der Waals surface area contributed by atoms with Gasteiger partial charge >= 0.3 is 12.2 Å². The molecule has 4 rings (SSSR count). The number of anilines is 2. The highest BCUT2D eigenvalue weighted by molar-refractivity contribution is 6.31. The minimum absolute atomic E-state index is 0.0780. The molecule has 0 unspecified atom stereocenters. The Kier molecular flexibility index (Phi) is 9.10. The van der Waals surface area contributed by atoms with Crippen LogP contribution in [0, 0.1) is 0 Å². The molecule has 0 aliphatic rings. The predicted molar refractivity (Wildman–Crippen MR) is 146 cm³/mol. The average Bonchev–Trinajstić information content (AvgIpc) is 2.91. The summed E-state index contributed by atoms with van der Waals surface area (Å²) in [7, 11) is 0. The van der Waals surface area contributed by atoms with Crippen molar-refractivity contribution in [2.24, 2.45) is 0 Å². The summed E-state index contributed by atoms with van der Waals surface area (Å²) in [4.78, 5) is 28.8. The highest BCUT2D eigenvalue weighted by Gasteiger charge is 2.33. The molecule has 0 aliphatic carbocycles. The van der Waals surface area contributed by atoms with Crippen LogP contribution >= 0.6 is 23.2 Å². The molecule has 8 nitrogen and oxygen atoms in total. The zero-order valence-electron chi connectivity index (χ0n) is 20.4. The Labute approximate surface area is 236 Å². The number of nitrogens with zero attached hydrogens (tertiary/aromatic N) is 1. The Morgan fingerprint density at radius 2 is 1.52 bits per heavy atom. The summed E-state index contributed by atoms with van der Waals surface area (Å²) in [5.74, 6) is 0.256. The molecule has 0 spiro atoms. The fourth-order valence-electron chi connectivity index (χ4n) is 3.38. The van der Waals surface area contributed by atoms with Crippen molar-refractivity contribution in [2.45, 2.75) is 12.7 Å². The summed E-state index contributed by atoms with van der Waals surface area (Å²) in [6.07, 6.45) is -3.24. The van der Waals surface area contributed by atoms with Gasteiger partial charge in [0.1, 0.15) is 17.2 Å². The molecule has 0 saturated heterocycles. The number of pyridine rings is 1. The highest BCUT2D eigenvalue weighted by atomic mass is 35.5. The fraction of sp³-hybridized carbons (Fsp3) is 0.0741. The number of hydrogen-bond donors (Lipinski definition) is 4. The smallest absolute Gasteiger partial charge is 0.417 e.